The number of esters is 1. The predicted molar refractivity (Wildman–Crippen MR) is 109 cm³/mol. The molecule has 0 bridgehead atoms. The molecule has 0 saturated heterocycles. The first-order valence-electron chi connectivity index (χ1n) is 8.91. The minimum atomic E-state index is -0.712. The Morgan fingerprint density at radius 2 is 1.79 bits per heavy atom. The molecule has 0 aromatic heterocycles. The first-order chi connectivity index (χ1) is 14.0. The van der Waals surface area contributed by atoms with E-state index in [-0.39, 0.29) is 11.3 Å². The number of ketones is 1. The van der Waals surface area contributed by atoms with Crippen LogP contribution < -0.4 is 9.64 Å². The maximum atomic E-state index is 13.4. The number of allylic oxidation sites excluding steroid dienone is 2. The lowest BCUT2D eigenvalue weighted by Crippen LogP contribution is -2.18. The quantitative estimate of drug-likeness (QED) is 0.318. The molecule has 6 heteroatoms. The topological polar surface area (TPSA) is 55.8 Å². The molecule has 0 aliphatic carbocycles. The standard InChI is InChI=1S/C23H20FNO4/c1-4-13-29-19-11-5-16(6-12-19)14-20-22(26)21(23(27)28-3)15(2)25(20)18-9-7-17(24)8-10-18/h4-12,14H,1,13H2,2-3H3. The average molecular weight is 393 g/mol. The summed E-state index contributed by atoms with van der Waals surface area (Å²) in [5, 5.41) is 0. The molecular formula is C23H20FNO4. The lowest BCUT2D eigenvalue weighted by molar-refractivity contribution is -0.137. The van der Waals surface area contributed by atoms with E-state index in [1.807, 2.05) is 0 Å². The van der Waals surface area contributed by atoms with Crippen LogP contribution in [-0.2, 0) is 14.3 Å². The van der Waals surface area contributed by atoms with E-state index in [0.29, 0.717) is 23.7 Å². The van der Waals surface area contributed by atoms with E-state index in [4.69, 9.17) is 9.47 Å². The Balaban J connectivity index is 2.03. The van der Waals surface area contributed by atoms with E-state index in [0.717, 1.165) is 5.56 Å². The smallest absolute Gasteiger partial charge is 0.343 e. The van der Waals surface area contributed by atoms with Crippen molar-refractivity contribution >= 4 is 23.5 Å². The number of carbonyl (C=O) groups is 2. The molecule has 2 aromatic rings. The Kier molecular flexibility index (Phi) is 5.93. The van der Waals surface area contributed by atoms with Crippen LogP contribution in [0.1, 0.15) is 12.5 Å². The van der Waals surface area contributed by atoms with Crippen molar-refractivity contribution in [1.29, 1.82) is 0 Å². The van der Waals surface area contributed by atoms with E-state index >= 15 is 0 Å². The number of anilines is 1. The van der Waals surface area contributed by atoms with Crippen LogP contribution in [-0.4, -0.2) is 25.5 Å². The SMILES string of the molecule is C=CCOc1ccc(C=C2C(=O)C(C(=O)OC)=C(C)N2c2ccc(F)cc2)cc1. The van der Waals surface area contributed by atoms with Gasteiger partial charge in [0.15, 0.2) is 0 Å². The van der Waals surface area contributed by atoms with E-state index in [1.54, 1.807) is 60.4 Å². The lowest BCUT2D eigenvalue weighted by Gasteiger charge is -2.21. The van der Waals surface area contributed by atoms with E-state index in [1.165, 1.54) is 19.2 Å². The number of methoxy groups -OCH3 is 1. The highest BCUT2D eigenvalue weighted by atomic mass is 19.1. The van der Waals surface area contributed by atoms with Crippen molar-refractivity contribution in [3.8, 4) is 5.75 Å². The van der Waals surface area contributed by atoms with E-state index in [2.05, 4.69) is 6.58 Å². The Morgan fingerprint density at radius 1 is 1.14 bits per heavy atom. The molecule has 29 heavy (non-hydrogen) atoms. The Labute approximate surface area is 168 Å². The summed E-state index contributed by atoms with van der Waals surface area (Å²) in [4.78, 5) is 26.8. The van der Waals surface area contributed by atoms with Crippen LogP contribution in [0.15, 0.2) is 78.2 Å². The number of benzene rings is 2. The average Bonchev–Trinajstić information content (AvgIpc) is 2.97. The lowest BCUT2D eigenvalue weighted by atomic mass is 10.1. The van der Waals surface area contributed by atoms with Gasteiger partial charge in [-0.3, -0.25) is 4.79 Å². The van der Waals surface area contributed by atoms with Crippen LogP contribution in [0.4, 0.5) is 10.1 Å². The van der Waals surface area contributed by atoms with Gasteiger partial charge in [-0.2, -0.15) is 0 Å². The summed E-state index contributed by atoms with van der Waals surface area (Å²) < 4.78 is 23.6. The van der Waals surface area contributed by atoms with Crippen molar-refractivity contribution in [3.63, 3.8) is 0 Å². The number of nitrogens with zero attached hydrogens (tertiary/aromatic N) is 1. The van der Waals surface area contributed by atoms with Gasteiger partial charge >= 0.3 is 5.97 Å². The number of hydrogen-bond donors (Lipinski definition) is 0. The zero-order valence-electron chi connectivity index (χ0n) is 16.1. The molecule has 0 fully saturated rings. The second-order valence-corrected chi connectivity index (χ2v) is 6.29. The van der Waals surface area contributed by atoms with Gasteiger partial charge < -0.3 is 14.4 Å². The third-order valence-electron chi connectivity index (χ3n) is 4.42. The van der Waals surface area contributed by atoms with Crippen LogP contribution in [0.5, 0.6) is 5.75 Å². The first kappa shape index (κ1) is 20.1. The number of carbonyl (C=O) groups excluding carboxylic acids is 2. The number of ether oxygens (including phenoxy) is 2. The highest BCUT2D eigenvalue weighted by Crippen LogP contribution is 2.35. The molecule has 1 aliphatic heterocycles. The molecule has 0 spiro atoms. The molecule has 0 N–H and O–H groups in total. The number of hydrogen-bond acceptors (Lipinski definition) is 5. The summed E-state index contributed by atoms with van der Waals surface area (Å²) in [6.45, 7) is 5.65. The molecule has 0 saturated carbocycles. The molecule has 5 nitrogen and oxygen atoms in total. The Hall–Kier alpha value is -3.67. The van der Waals surface area contributed by atoms with Crippen LogP contribution in [0.2, 0.25) is 0 Å². The fraction of sp³-hybridized carbons (Fsp3) is 0.130. The van der Waals surface area contributed by atoms with Gasteiger partial charge in [-0.15, -0.1) is 0 Å². The molecule has 148 valence electrons. The largest absolute Gasteiger partial charge is 0.490 e. The fourth-order valence-corrected chi connectivity index (χ4v) is 3.06. The molecule has 3 rings (SSSR count). The second kappa shape index (κ2) is 8.56. The van der Waals surface area contributed by atoms with Crippen molar-refractivity contribution in [1.82, 2.24) is 0 Å². The van der Waals surface area contributed by atoms with Crippen molar-refractivity contribution in [2.24, 2.45) is 0 Å². The van der Waals surface area contributed by atoms with Crippen molar-refractivity contribution in [2.75, 3.05) is 18.6 Å². The van der Waals surface area contributed by atoms with Crippen molar-refractivity contribution in [3.05, 3.63) is 89.5 Å². The molecule has 0 amide bonds. The summed E-state index contributed by atoms with van der Waals surface area (Å²) in [5.41, 5.74) is 1.95. The van der Waals surface area contributed by atoms with Gasteiger partial charge in [0.2, 0.25) is 5.78 Å². The van der Waals surface area contributed by atoms with Crippen LogP contribution in [0.25, 0.3) is 6.08 Å². The normalized spacial score (nSPS) is 15.1. The Morgan fingerprint density at radius 3 is 2.38 bits per heavy atom. The van der Waals surface area contributed by atoms with E-state index in [9.17, 15) is 14.0 Å². The molecule has 1 heterocycles. The minimum Gasteiger partial charge on any atom is -0.490 e. The monoisotopic (exact) mass is 393 g/mol. The zero-order chi connectivity index (χ0) is 21.0. The van der Waals surface area contributed by atoms with Gasteiger partial charge in [0.25, 0.3) is 0 Å². The highest BCUT2D eigenvalue weighted by Gasteiger charge is 2.38. The highest BCUT2D eigenvalue weighted by molar-refractivity contribution is 6.30. The van der Waals surface area contributed by atoms with Crippen LogP contribution >= 0.6 is 0 Å². The Bertz CT molecular complexity index is 1000. The van der Waals surface area contributed by atoms with Gasteiger partial charge in [0, 0.05) is 11.4 Å². The van der Waals surface area contributed by atoms with Crippen LogP contribution in [0, 0.1) is 5.82 Å². The molecule has 1 aliphatic rings. The molecular weight excluding hydrogens is 373 g/mol. The van der Waals surface area contributed by atoms with E-state index < -0.39 is 17.6 Å². The number of rotatable bonds is 6. The van der Waals surface area contributed by atoms with Gasteiger partial charge in [0.05, 0.1) is 12.8 Å². The first-order valence-corrected chi connectivity index (χ1v) is 8.91. The maximum absolute atomic E-state index is 13.4. The third-order valence-corrected chi connectivity index (χ3v) is 4.42. The van der Waals surface area contributed by atoms with Crippen molar-refractivity contribution in [2.45, 2.75) is 6.92 Å². The summed E-state index contributed by atoms with van der Waals surface area (Å²) in [6.07, 6.45) is 3.32. The van der Waals surface area contributed by atoms with Crippen LogP contribution in [0.3, 0.4) is 0 Å². The zero-order valence-corrected chi connectivity index (χ0v) is 16.1. The maximum Gasteiger partial charge on any atom is 0.343 e. The molecule has 0 atom stereocenters. The van der Waals surface area contributed by atoms with Gasteiger partial charge in [-0.25, -0.2) is 9.18 Å². The summed E-state index contributed by atoms with van der Waals surface area (Å²) in [6, 6.07) is 12.8. The fourth-order valence-electron chi connectivity index (χ4n) is 3.06. The second-order valence-electron chi connectivity index (χ2n) is 6.29. The number of halogens is 1. The van der Waals surface area contributed by atoms with Crippen molar-refractivity contribution < 1.29 is 23.5 Å². The summed E-state index contributed by atoms with van der Waals surface area (Å²) in [7, 11) is 1.22. The third kappa shape index (κ3) is 4.11. The summed E-state index contributed by atoms with van der Waals surface area (Å²) in [5.74, 6) is -0.888. The van der Waals surface area contributed by atoms with Gasteiger partial charge in [-0.05, 0) is 55.0 Å². The van der Waals surface area contributed by atoms with Gasteiger partial charge in [-0.1, -0.05) is 24.8 Å². The summed E-state index contributed by atoms with van der Waals surface area (Å²) >= 11 is 0. The predicted octanol–water partition coefficient (Wildman–Crippen LogP) is 4.27. The molecule has 0 radical (unpaired) electrons. The molecule has 0 unspecified atom stereocenters. The number of Topliss-reactive ketones (excluding diaryl/α,β-unsaturated/α-hetero) is 1. The van der Waals surface area contributed by atoms with Gasteiger partial charge in [0.1, 0.15) is 23.7 Å². The molecule has 2 aromatic carbocycles. The minimum absolute atomic E-state index is 0.0472.